The van der Waals surface area contributed by atoms with E-state index in [2.05, 4.69) is 15.7 Å². The minimum atomic E-state index is -4.53. The second kappa shape index (κ2) is 9.50. The maximum atomic E-state index is 13.1. The third kappa shape index (κ3) is 5.33. The van der Waals surface area contributed by atoms with Gasteiger partial charge >= 0.3 is 6.18 Å². The Bertz CT molecular complexity index is 1250. The number of aromatic nitrogens is 2. The third-order valence-corrected chi connectivity index (χ3v) is 5.08. The van der Waals surface area contributed by atoms with Crippen LogP contribution < -0.4 is 10.6 Å². The number of anilines is 2. The maximum Gasteiger partial charge on any atom is 0.416 e. The molecule has 3 rings (SSSR count). The lowest BCUT2D eigenvalue weighted by Crippen LogP contribution is -2.24. The van der Waals surface area contributed by atoms with Crippen molar-refractivity contribution in [2.45, 2.75) is 33.9 Å². The summed E-state index contributed by atoms with van der Waals surface area (Å²) >= 11 is 0. The zero-order valence-electron chi connectivity index (χ0n) is 18.9. The molecule has 0 unspecified atom stereocenters. The van der Waals surface area contributed by atoms with Crippen molar-refractivity contribution in [1.29, 1.82) is 0 Å². The molecule has 10 heteroatoms. The Morgan fingerprint density at radius 2 is 1.53 bits per heavy atom. The van der Waals surface area contributed by atoms with Crippen LogP contribution in [0.15, 0.2) is 48.5 Å². The van der Waals surface area contributed by atoms with Gasteiger partial charge in [-0.2, -0.15) is 18.3 Å². The summed E-state index contributed by atoms with van der Waals surface area (Å²) in [5.41, 5.74) is 0.602. The van der Waals surface area contributed by atoms with E-state index in [0.29, 0.717) is 11.4 Å². The van der Waals surface area contributed by atoms with Gasteiger partial charge in [-0.1, -0.05) is 19.9 Å². The molecular formula is C24H23F3N4O3. The van der Waals surface area contributed by atoms with Crippen molar-refractivity contribution in [2.24, 2.45) is 5.92 Å². The highest BCUT2D eigenvalue weighted by Crippen LogP contribution is 2.31. The minimum absolute atomic E-state index is 0.00993. The highest BCUT2D eigenvalue weighted by Gasteiger charge is 2.31. The molecule has 1 aromatic heterocycles. The SMILES string of the molecule is Cc1nn(-c2cccc(C(F)(F)F)c2)c(C)c1C(=O)C(=O)Nc1ccc(NC(=O)C(C)C)cc1. The van der Waals surface area contributed by atoms with E-state index in [0.717, 1.165) is 12.1 Å². The quantitative estimate of drug-likeness (QED) is 0.393. The van der Waals surface area contributed by atoms with Crippen LogP contribution in [0.5, 0.6) is 0 Å². The number of halogens is 3. The number of rotatable bonds is 6. The zero-order valence-corrected chi connectivity index (χ0v) is 18.9. The number of amides is 2. The first-order valence-electron chi connectivity index (χ1n) is 10.4. The molecule has 0 saturated heterocycles. The fourth-order valence-corrected chi connectivity index (χ4v) is 3.26. The maximum absolute atomic E-state index is 13.1. The number of hydrogen-bond acceptors (Lipinski definition) is 4. The Morgan fingerprint density at radius 3 is 2.09 bits per heavy atom. The van der Waals surface area contributed by atoms with E-state index in [1.54, 1.807) is 26.0 Å². The van der Waals surface area contributed by atoms with Gasteiger partial charge in [0, 0.05) is 17.3 Å². The summed E-state index contributed by atoms with van der Waals surface area (Å²) in [4.78, 5) is 37.2. The molecule has 3 aromatic rings. The number of carbonyl (C=O) groups is 3. The molecule has 0 aliphatic carbocycles. The predicted molar refractivity (Wildman–Crippen MR) is 121 cm³/mol. The van der Waals surface area contributed by atoms with Crippen LogP contribution in [-0.4, -0.2) is 27.4 Å². The van der Waals surface area contributed by atoms with E-state index in [1.165, 1.54) is 42.8 Å². The van der Waals surface area contributed by atoms with Gasteiger partial charge in [0.1, 0.15) is 0 Å². The molecule has 0 fully saturated rings. The Labute approximate surface area is 194 Å². The normalized spacial score (nSPS) is 11.4. The molecule has 2 amide bonds. The fraction of sp³-hybridized carbons (Fsp3) is 0.250. The van der Waals surface area contributed by atoms with Crippen LogP contribution >= 0.6 is 0 Å². The molecule has 178 valence electrons. The van der Waals surface area contributed by atoms with E-state index in [9.17, 15) is 27.6 Å². The summed E-state index contributed by atoms with van der Waals surface area (Å²) in [6.07, 6.45) is -4.53. The van der Waals surface area contributed by atoms with Crippen LogP contribution in [0.4, 0.5) is 24.5 Å². The molecular weight excluding hydrogens is 449 g/mol. The summed E-state index contributed by atoms with van der Waals surface area (Å²) in [6.45, 7) is 6.53. The van der Waals surface area contributed by atoms with E-state index in [1.807, 2.05) is 0 Å². The van der Waals surface area contributed by atoms with Gasteiger partial charge in [0.25, 0.3) is 11.7 Å². The first kappa shape index (κ1) is 24.7. The second-order valence-electron chi connectivity index (χ2n) is 8.01. The Morgan fingerprint density at radius 1 is 0.941 bits per heavy atom. The number of hydrogen-bond donors (Lipinski definition) is 2. The van der Waals surface area contributed by atoms with Crippen LogP contribution in [0.1, 0.15) is 41.2 Å². The Hall–Kier alpha value is -3.95. The fourth-order valence-electron chi connectivity index (χ4n) is 3.26. The van der Waals surface area contributed by atoms with Gasteiger partial charge in [0.05, 0.1) is 28.2 Å². The molecule has 34 heavy (non-hydrogen) atoms. The van der Waals surface area contributed by atoms with Gasteiger partial charge in [-0.25, -0.2) is 4.68 Å². The van der Waals surface area contributed by atoms with Gasteiger partial charge in [-0.3, -0.25) is 14.4 Å². The first-order chi connectivity index (χ1) is 15.9. The lowest BCUT2D eigenvalue weighted by Gasteiger charge is -2.10. The number of ketones is 1. The summed E-state index contributed by atoms with van der Waals surface area (Å²) in [6, 6.07) is 10.8. The number of alkyl halides is 3. The standard InChI is InChI=1S/C24H23F3N4O3/c1-13(2)22(33)28-17-8-10-18(11-9-17)29-23(34)21(32)20-14(3)30-31(15(20)4)19-7-5-6-16(12-19)24(25,26)27/h5-13H,1-4H3,(H,28,33)(H,29,34). The number of Topliss-reactive ketones (excluding diaryl/α,β-unsaturated/α-hetero) is 1. The molecule has 0 spiro atoms. The molecule has 7 nitrogen and oxygen atoms in total. The summed E-state index contributed by atoms with van der Waals surface area (Å²) in [5, 5.41) is 9.38. The van der Waals surface area contributed by atoms with Gasteiger partial charge in [-0.15, -0.1) is 0 Å². The lowest BCUT2D eigenvalue weighted by molar-refractivity contribution is -0.137. The Balaban J connectivity index is 1.80. The van der Waals surface area contributed by atoms with E-state index >= 15 is 0 Å². The average molecular weight is 472 g/mol. The van der Waals surface area contributed by atoms with Crippen molar-refractivity contribution in [3.8, 4) is 5.69 Å². The summed E-state index contributed by atoms with van der Waals surface area (Å²) < 4.78 is 40.4. The molecule has 0 saturated carbocycles. The molecule has 0 aliphatic heterocycles. The first-order valence-corrected chi connectivity index (χ1v) is 10.4. The molecule has 0 atom stereocenters. The molecule has 1 heterocycles. The van der Waals surface area contributed by atoms with E-state index < -0.39 is 23.4 Å². The smallest absolute Gasteiger partial charge is 0.326 e. The predicted octanol–water partition coefficient (Wildman–Crippen LogP) is 4.92. The summed E-state index contributed by atoms with van der Waals surface area (Å²) in [7, 11) is 0. The third-order valence-electron chi connectivity index (χ3n) is 5.08. The molecule has 0 bridgehead atoms. The minimum Gasteiger partial charge on any atom is -0.326 e. The van der Waals surface area contributed by atoms with Crippen LogP contribution in [0, 0.1) is 19.8 Å². The van der Waals surface area contributed by atoms with Crippen LogP contribution in [0.2, 0.25) is 0 Å². The van der Waals surface area contributed by atoms with E-state index in [-0.39, 0.29) is 34.5 Å². The van der Waals surface area contributed by atoms with Crippen molar-refractivity contribution in [3.05, 3.63) is 71.0 Å². The average Bonchev–Trinajstić information content (AvgIpc) is 3.07. The van der Waals surface area contributed by atoms with Crippen molar-refractivity contribution in [1.82, 2.24) is 9.78 Å². The summed E-state index contributed by atoms with van der Waals surface area (Å²) in [5.74, 6) is -2.14. The molecule has 0 aliphatic rings. The number of nitrogens with zero attached hydrogens (tertiary/aromatic N) is 2. The number of benzene rings is 2. The van der Waals surface area contributed by atoms with Crippen molar-refractivity contribution in [3.63, 3.8) is 0 Å². The molecule has 2 N–H and O–H groups in total. The lowest BCUT2D eigenvalue weighted by atomic mass is 10.1. The van der Waals surface area contributed by atoms with Crippen LogP contribution in [0.3, 0.4) is 0 Å². The van der Waals surface area contributed by atoms with Gasteiger partial charge in [0.15, 0.2) is 0 Å². The Kier molecular flexibility index (Phi) is 6.90. The number of carbonyl (C=O) groups excluding carboxylic acids is 3. The monoisotopic (exact) mass is 472 g/mol. The van der Waals surface area contributed by atoms with Crippen molar-refractivity contribution < 1.29 is 27.6 Å². The number of aryl methyl sites for hydroxylation is 1. The zero-order chi connectivity index (χ0) is 25.2. The topological polar surface area (TPSA) is 93.1 Å². The van der Waals surface area contributed by atoms with Crippen molar-refractivity contribution >= 4 is 29.0 Å². The largest absolute Gasteiger partial charge is 0.416 e. The van der Waals surface area contributed by atoms with E-state index in [4.69, 9.17) is 0 Å². The van der Waals surface area contributed by atoms with Crippen molar-refractivity contribution in [2.75, 3.05) is 10.6 Å². The highest BCUT2D eigenvalue weighted by molar-refractivity contribution is 6.47. The highest BCUT2D eigenvalue weighted by atomic mass is 19.4. The molecule has 2 aromatic carbocycles. The second-order valence-corrected chi connectivity index (χ2v) is 8.01. The van der Waals surface area contributed by atoms with Gasteiger partial charge in [-0.05, 0) is 56.3 Å². The van der Waals surface area contributed by atoms with Crippen LogP contribution in [0.25, 0.3) is 5.69 Å². The van der Waals surface area contributed by atoms with Gasteiger partial charge < -0.3 is 10.6 Å². The van der Waals surface area contributed by atoms with Gasteiger partial charge in [0.2, 0.25) is 5.91 Å². The number of nitrogens with one attached hydrogen (secondary N) is 2. The molecule has 0 radical (unpaired) electrons. The van der Waals surface area contributed by atoms with Crippen LogP contribution in [-0.2, 0) is 15.8 Å².